The van der Waals surface area contributed by atoms with Gasteiger partial charge in [-0.05, 0) is 0 Å². The van der Waals surface area contributed by atoms with Crippen molar-refractivity contribution >= 4 is 0 Å². The summed E-state index contributed by atoms with van der Waals surface area (Å²) in [6.45, 7) is 2.32. The van der Waals surface area contributed by atoms with E-state index in [1.807, 2.05) is 6.92 Å². The zero-order chi connectivity index (χ0) is 13.6. The van der Waals surface area contributed by atoms with Crippen LogP contribution in [0.2, 0.25) is 0 Å². The van der Waals surface area contributed by atoms with Crippen molar-refractivity contribution in [2.75, 3.05) is 13.2 Å². The Morgan fingerprint density at radius 1 is 1.58 bits per heavy atom. The van der Waals surface area contributed by atoms with E-state index in [0.29, 0.717) is 13.0 Å². The third-order valence-corrected chi connectivity index (χ3v) is 4.19. The molecule has 0 amide bonds. The van der Waals surface area contributed by atoms with E-state index >= 15 is 0 Å². The molecule has 2 bridgehead atoms. The number of rotatable bonds is 2. The van der Waals surface area contributed by atoms with Crippen LogP contribution in [0.3, 0.4) is 0 Å². The molecule has 2 aliphatic heterocycles. The molecule has 0 aromatic carbocycles. The number of hydrogen-bond acceptors (Lipinski definition) is 5. The summed E-state index contributed by atoms with van der Waals surface area (Å²) in [5.41, 5.74) is -1.65. The van der Waals surface area contributed by atoms with Crippen LogP contribution >= 0.6 is 0 Å². The number of aromatic amines is 1. The highest BCUT2D eigenvalue weighted by Crippen LogP contribution is 2.47. The van der Waals surface area contributed by atoms with Crippen LogP contribution in [0.25, 0.3) is 0 Å². The van der Waals surface area contributed by atoms with Crippen molar-refractivity contribution in [1.29, 1.82) is 0 Å². The number of nitrogens with one attached hydrogen (secondary N) is 1. The first-order valence-corrected chi connectivity index (χ1v) is 6.29. The van der Waals surface area contributed by atoms with Gasteiger partial charge in [0.05, 0.1) is 13.2 Å². The van der Waals surface area contributed by atoms with Crippen LogP contribution in [0.15, 0.2) is 21.9 Å². The molecule has 2 N–H and O–H groups in total. The molecule has 3 heterocycles. The Labute approximate surface area is 108 Å². The van der Waals surface area contributed by atoms with Crippen molar-refractivity contribution in [3.05, 3.63) is 33.1 Å². The van der Waals surface area contributed by atoms with Crippen LogP contribution in [0.4, 0.5) is 0 Å². The highest BCUT2D eigenvalue weighted by atomic mass is 16.6. The van der Waals surface area contributed by atoms with Crippen LogP contribution in [0.5, 0.6) is 0 Å². The normalized spacial score (nSPS) is 37.5. The highest BCUT2D eigenvalue weighted by molar-refractivity contribution is 5.02. The molecule has 2 fully saturated rings. The van der Waals surface area contributed by atoms with E-state index in [1.165, 1.54) is 16.8 Å². The van der Waals surface area contributed by atoms with Crippen LogP contribution in [-0.4, -0.2) is 39.6 Å². The molecule has 7 nitrogen and oxygen atoms in total. The van der Waals surface area contributed by atoms with Crippen molar-refractivity contribution in [3.8, 4) is 0 Å². The van der Waals surface area contributed by atoms with Crippen LogP contribution in [0, 0.1) is 5.92 Å². The average molecular weight is 268 g/mol. The van der Waals surface area contributed by atoms with E-state index in [0.717, 1.165) is 0 Å². The van der Waals surface area contributed by atoms with Crippen molar-refractivity contribution in [1.82, 2.24) is 9.55 Å². The fourth-order valence-electron chi connectivity index (χ4n) is 2.95. The average Bonchev–Trinajstić information content (AvgIpc) is 2.56. The van der Waals surface area contributed by atoms with Crippen molar-refractivity contribution in [2.24, 2.45) is 5.92 Å². The van der Waals surface area contributed by atoms with Gasteiger partial charge < -0.3 is 14.6 Å². The number of H-pyrrole nitrogens is 1. The van der Waals surface area contributed by atoms with E-state index < -0.39 is 23.1 Å². The predicted molar refractivity (Wildman–Crippen MR) is 64.8 cm³/mol. The van der Waals surface area contributed by atoms with Crippen LogP contribution in [0.1, 0.15) is 19.6 Å². The first-order valence-electron chi connectivity index (χ1n) is 6.29. The zero-order valence-electron chi connectivity index (χ0n) is 10.5. The fourth-order valence-corrected chi connectivity index (χ4v) is 2.95. The standard InChI is InChI=1S/C12H16N2O5/c1-7-9-10(14-4-2-8(16)13-11(14)17)19-12(7,6-15)3-5-18-9/h2,4,7,9-10,15H,3,5-6H2,1H3,(H,13,16,17)/t7-,9+,10+,12+/m0/s1. The number of ether oxygens (including phenoxy) is 2. The molecule has 1 aromatic heterocycles. The number of aliphatic hydroxyl groups is 1. The summed E-state index contributed by atoms with van der Waals surface area (Å²) in [5.74, 6) is -0.0184. The van der Waals surface area contributed by atoms with Gasteiger partial charge in [0.2, 0.25) is 0 Å². The summed E-state index contributed by atoms with van der Waals surface area (Å²) < 4.78 is 12.9. The van der Waals surface area contributed by atoms with E-state index in [9.17, 15) is 14.7 Å². The second-order valence-corrected chi connectivity index (χ2v) is 5.12. The third kappa shape index (κ3) is 1.77. The Hall–Kier alpha value is -1.44. The maximum Gasteiger partial charge on any atom is 0.330 e. The summed E-state index contributed by atoms with van der Waals surface area (Å²) in [6, 6.07) is 1.27. The third-order valence-electron chi connectivity index (χ3n) is 4.19. The Kier molecular flexibility index (Phi) is 2.84. The number of aliphatic hydroxyl groups excluding tert-OH is 1. The Morgan fingerprint density at radius 3 is 3.00 bits per heavy atom. The van der Waals surface area contributed by atoms with Crippen molar-refractivity contribution < 1.29 is 14.6 Å². The van der Waals surface area contributed by atoms with E-state index in [2.05, 4.69) is 4.98 Å². The summed E-state index contributed by atoms with van der Waals surface area (Å²) in [6.07, 6.45) is 1.07. The van der Waals surface area contributed by atoms with Gasteiger partial charge in [-0.3, -0.25) is 14.3 Å². The number of aromatic nitrogens is 2. The predicted octanol–water partition coefficient (Wildman–Crippen LogP) is -0.778. The minimum absolute atomic E-state index is 0.0184. The summed E-state index contributed by atoms with van der Waals surface area (Å²) >= 11 is 0. The largest absolute Gasteiger partial charge is 0.393 e. The Bertz CT molecular complexity index is 594. The Balaban J connectivity index is 2.03. The molecule has 2 aliphatic rings. The molecule has 1 aromatic rings. The van der Waals surface area contributed by atoms with Gasteiger partial charge in [-0.1, -0.05) is 6.92 Å². The molecule has 19 heavy (non-hydrogen) atoms. The van der Waals surface area contributed by atoms with Gasteiger partial charge in [-0.25, -0.2) is 4.79 Å². The van der Waals surface area contributed by atoms with Crippen LogP contribution in [-0.2, 0) is 9.47 Å². The lowest BCUT2D eigenvalue weighted by molar-refractivity contribution is -0.114. The van der Waals surface area contributed by atoms with Gasteiger partial charge in [0.1, 0.15) is 11.7 Å². The molecule has 0 saturated carbocycles. The smallest absolute Gasteiger partial charge is 0.330 e. The van der Waals surface area contributed by atoms with E-state index in [1.54, 1.807) is 0 Å². The number of fused-ring (bicyclic) bond motifs is 2. The van der Waals surface area contributed by atoms with Gasteiger partial charge in [0, 0.05) is 24.6 Å². The molecule has 104 valence electrons. The monoisotopic (exact) mass is 268 g/mol. The zero-order valence-corrected chi connectivity index (χ0v) is 10.5. The molecule has 0 unspecified atom stereocenters. The molecule has 0 radical (unpaired) electrons. The maximum atomic E-state index is 11.8. The first-order chi connectivity index (χ1) is 9.07. The maximum absolute atomic E-state index is 11.8. The quantitative estimate of drug-likeness (QED) is 0.734. The summed E-state index contributed by atoms with van der Waals surface area (Å²) in [4.78, 5) is 25.1. The lowest BCUT2D eigenvalue weighted by Gasteiger charge is -2.35. The van der Waals surface area contributed by atoms with Crippen LogP contribution < -0.4 is 11.2 Å². The molecule has 7 heteroatoms. The number of hydrogen-bond donors (Lipinski definition) is 2. The minimum atomic E-state index is -0.664. The van der Waals surface area contributed by atoms with Gasteiger partial charge in [0.25, 0.3) is 5.56 Å². The van der Waals surface area contributed by atoms with Gasteiger partial charge >= 0.3 is 5.69 Å². The van der Waals surface area contributed by atoms with Gasteiger partial charge in [-0.15, -0.1) is 0 Å². The minimum Gasteiger partial charge on any atom is -0.393 e. The second kappa shape index (κ2) is 4.29. The molecule has 2 saturated heterocycles. The molecule has 4 atom stereocenters. The van der Waals surface area contributed by atoms with Crippen molar-refractivity contribution in [3.63, 3.8) is 0 Å². The molecular weight excluding hydrogens is 252 g/mol. The van der Waals surface area contributed by atoms with Crippen molar-refractivity contribution in [2.45, 2.75) is 31.3 Å². The Morgan fingerprint density at radius 2 is 2.37 bits per heavy atom. The molecular formula is C12H16N2O5. The first kappa shape index (κ1) is 12.6. The molecule has 0 aliphatic carbocycles. The van der Waals surface area contributed by atoms with Gasteiger partial charge in [0.15, 0.2) is 6.23 Å². The van der Waals surface area contributed by atoms with Gasteiger partial charge in [-0.2, -0.15) is 0 Å². The summed E-state index contributed by atoms with van der Waals surface area (Å²) in [5, 5.41) is 9.59. The van der Waals surface area contributed by atoms with E-state index in [-0.39, 0.29) is 18.6 Å². The fraction of sp³-hybridized carbons (Fsp3) is 0.667. The topological polar surface area (TPSA) is 93.5 Å². The second-order valence-electron chi connectivity index (χ2n) is 5.12. The molecule has 0 spiro atoms. The SMILES string of the molecule is C[C@H]1[C@H]2OCC[C@]1(CO)O[C@H]2n1ccc(=O)[nH]c1=O. The summed E-state index contributed by atoms with van der Waals surface area (Å²) in [7, 11) is 0. The number of nitrogens with zero attached hydrogens (tertiary/aromatic N) is 1. The lowest BCUT2D eigenvalue weighted by Crippen LogP contribution is -2.45. The highest BCUT2D eigenvalue weighted by Gasteiger charge is 2.56. The molecule has 3 rings (SSSR count). The lowest BCUT2D eigenvalue weighted by atomic mass is 9.83. The van der Waals surface area contributed by atoms with E-state index in [4.69, 9.17) is 9.47 Å².